The molecule has 0 amide bonds. The van der Waals surface area contributed by atoms with Crippen molar-refractivity contribution < 1.29 is 28.6 Å². The molecule has 0 bridgehead atoms. The molecule has 1 unspecified atom stereocenters. The van der Waals surface area contributed by atoms with E-state index in [-0.39, 0.29) is 31.1 Å². The second-order valence-electron chi connectivity index (χ2n) is 19.5. The molecule has 69 heavy (non-hydrogen) atoms. The summed E-state index contributed by atoms with van der Waals surface area (Å²) < 4.78 is 16.8. The van der Waals surface area contributed by atoms with E-state index < -0.39 is 6.10 Å². The van der Waals surface area contributed by atoms with Gasteiger partial charge in [0.05, 0.1) is 0 Å². The molecule has 0 spiro atoms. The van der Waals surface area contributed by atoms with E-state index >= 15 is 0 Å². The van der Waals surface area contributed by atoms with Gasteiger partial charge in [-0.1, -0.05) is 261 Å². The molecule has 0 saturated carbocycles. The molecule has 0 N–H and O–H groups in total. The minimum atomic E-state index is -0.793. The Morgan fingerprint density at radius 2 is 0.594 bits per heavy atom. The lowest BCUT2D eigenvalue weighted by Gasteiger charge is -2.18. The average molecular weight is 964 g/mol. The van der Waals surface area contributed by atoms with Crippen molar-refractivity contribution in [1.82, 2.24) is 0 Å². The molecule has 0 radical (unpaired) electrons. The predicted octanol–water partition coefficient (Wildman–Crippen LogP) is 19.8. The van der Waals surface area contributed by atoms with Crippen LogP contribution < -0.4 is 0 Å². The third-order valence-electron chi connectivity index (χ3n) is 12.7. The molecule has 6 nitrogen and oxygen atoms in total. The van der Waals surface area contributed by atoms with Crippen LogP contribution in [0.4, 0.5) is 0 Å². The van der Waals surface area contributed by atoms with Crippen LogP contribution in [0.15, 0.2) is 72.9 Å². The Hall–Kier alpha value is -3.15. The predicted molar refractivity (Wildman–Crippen MR) is 298 cm³/mol. The Morgan fingerprint density at radius 1 is 0.304 bits per heavy atom. The molecule has 0 rings (SSSR count). The molecule has 0 aliphatic carbocycles. The first-order valence-electron chi connectivity index (χ1n) is 29.4. The van der Waals surface area contributed by atoms with Crippen molar-refractivity contribution in [2.24, 2.45) is 0 Å². The number of ether oxygens (including phenoxy) is 3. The van der Waals surface area contributed by atoms with Crippen molar-refractivity contribution in [3.05, 3.63) is 72.9 Å². The number of hydrogen-bond donors (Lipinski definition) is 0. The summed E-state index contributed by atoms with van der Waals surface area (Å²) in [6.07, 6.45) is 73.3. The number of hydrogen-bond acceptors (Lipinski definition) is 6. The Bertz CT molecular complexity index is 1290. The molecule has 0 aliphatic rings. The van der Waals surface area contributed by atoms with Crippen LogP contribution in [0.25, 0.3) is 0 Å². The van der Waals surface area contributed by atoms with Crippen LogP contribution in [0, 0.1) is 0 Å². The smallest absolute Gasteiger partial charge is 0.306 e. The zero-order valence-electron chi connectivity index (χ0n) is 45.6. The van der Waals surface area contributed by atoms with Crippen LogP contribution in [0.2, 0.25) is 0 Å². The van der Waals surface area contributed by atoms with Gasteiger partial charge in [-0.15, -0.1) is 0 Å². The van der Waals surface area contributed by atoms with Gasteiger partial charge in [0.1, 0.15) is 13.2 Å². The molecule has 0 aliphatic heterocycles. The van der Waals surface area contributed by atoms with Crippen molar-refractivity contribution in [2.75, 3.05) is 13.2 Å². The Labute approximate surface area is 427 Å². The van der Waals surface area contributed by atoms with E-state index in [0.29, 0.717) is 19.3 Å². The Kier molecular flexibility index (Phi) is 54.8. The summed E-state index contributed by atoms with van der Waals surface area (Å²) in [6.45, 7) is 6.46. The summed E-state index contributed by atoms with van der Waals surface area (Å²) in [4.78, 5) is 38.2. The van der Waals surface area contributed by atoms with E-state index in [1.807, 2.05) is 0 Å². The van der Waals surface area contributed by atoms with Gasteiger partial charge < -0.3 is 14.2 Å². The number of carbonyl (C=O) groups is 3. The number of rotatable bonds is 53. The van der Waals surface area contributed by atoms with Crippen LogP contribution >= 0.6 is 0 Å². The number of unbranched alkanes of at least 4 members (excludes halogenated alkanes) is 30. The van der Waals surface area contributed by atoms with Crippen LogP contribution in [-0.4, -0.2) is 37.2 Å². The van der Waals surface area contributed by atoms with Gasteiger partial charge in [0.15, 0.2) is 6.10 Å². The molecule has 0 fully saturated rings. The van der Waals surface area contributed by atoms with Crippen molar-refractivity contribution in [3.8, 4) is 0 Å². The maximum absolute atomic E-state index is 12.9. The standard InChI is InChI=1S/C63H110O6/c1-4-7-10-13-16-19-22-25-27-29-30-31-32-34-35-38-41-44-47-50-53-56-62(65)68-59-60(58-67-61(64)55-52-49-46-43-40-37-24-21-18-15-12-9-6-3)69-63(66)57-54-51-48-45-42-39-36-33-28-26-23-20-17-14-11-8-5-2/h8,11-12,15,17,20-21,24,26,28,36,39,60H,4-7,9-10,13-14,16,18-19,22-23,25,27,29-35,37-38,40-59H2,1-3H3/b11-8-,15-12-,20-17-,24-21-,28-26-,39-36-. The summed E-state index contributed by atoms with van der Waals surface area (Å²) in [7, 11) is 0. The molecular weight excluding hydrogens is 853 g/mol. The highest BCUT2D eigenvalue weighted by molar-refractivity contribution is 5.71. The topological polar surface area (TPSA) is 78.9 Å². The van der Waals surface area contributed by atoms with Gasteiger partial charge in [0.25, 0.3) is 0 Å². The van der Waals surface area contributed by atoms with E-state index in [1.54, 1.807) is 0 Å². The SMILES string of the molecule is CC/C=C\C/C=C\C/C=C\C/C=C\CCCCCCC(=O)OC(COC(=O)CCCCCCC/C=C\C/C=C\CCC)COC(=O)CCCCCCCCCCCCCCCCCCCCCCC. The minimum Gasteiger partial charge on any atom is -0.462 e. The first kappa shape index (κ1) is 65.8. The quantitative estimate of drug-likeness (QED) is 0.0262. The average Bonchev–Trinajstić information content (AvgIpc) is 3.35. The highest BCUT2D eigenvalue weighted by Gasteiger charge is 2.19. The van der Waals surface area contributed by atoms with E-state index in [4.69, 9.17) is 14.2 Å². The molecule has 0 aromatic carbocycles. The van der Waals surface area contributed by atoms with E-state index in [0.717, 1.165) is 128 Å². The normalized spacial score (nSPS) is 12.6. The van der Waals surface area contributed by atoms with E-state index in [1.165, 1.54) is 122 Å². The maximum Gasteiger partial charge on any atom is 0.306 e. The zero-order valence-corrected chi connectivity index (χ0v) is 45.6. The summed E-state index contributed by atoms with van der Waals surface area (Å²) in [5, 5.41) is 0. The molecule has 6 heteroatoms. The van der Waals surface area contributed by atoms with Crippen LogP contribution in [0.1, 0.15) is 290 Å². The van der Waals surface area contributed by atoms with Gasteiger partial charge in [-0.3, -0.25) is 14.4 Å². The highest BCUT2D eigenvalue weighted by atomic mass is 16.6. The first-order chi connectivity index (χ1) is 34.0. The first-order valence-corrected chi connectivity index (χ1v) is 29.4. The van der Waals surface area contributed by atoms with Gasteiger partial charge in [-0.05, 0) is 83.5 Å². The molecule has 0 aromatic heterocycles. The Balaban J connectivity index is 4.36. The zero-order chi connectivity index (χ0) is 50.0. The third-order valence-corrected chi connectivity index (χ3v) is 12.7. The summed E-state index contributed by atoms with van der Waals surface area (Å²) in [5.41, 5.74) is 0. The summed E-state index contributed by atoms with van der Waals surface area (Å²) in [6, 6.07) is 0. The van der Waals surface area contributed by atoms with Crippen molar-refractivity contribution in [2.45, 2.75) is 297 Å². The fourth-order valence-corrected chi connectivity index (χ4v) is 8.30. The maximum atomic E-state index is 12.9. The highest BCUT2D eigenvalue weighted by Crippen LogP contribution is 2.16. The van der Waals surface area contributed by atoms with Crippen molar-refractivity contribution in [3.63, 3.8) is 0 Å². The van der Waals surface area contributed by atoms with E-state index in [9.17, 15) is 14.4 Å². The van der Waals surface area contributed by atoms with Gasteiger partial charge in [0, 0.05) is 19.3 Å². The van der Waals surface area contributed by atoms with Gasteiger partial charge in [-0.25, -0.2) is 0 Å². The number of carbonyl (C=O) groups excluding carboxylic acids is 3. The lowest BCUT2D eigenvalue weighted by atomic mass is 10.0. The molecule has 0 heterocycles. The lowest BCUT2D eigenvalue weighted by molar-refractivity contribution is -0.167. The molecule has 398 valence electrons. The number of allylic oxidation sites excluding steroid dienone is 12. The number of esters is 3. The minimum absolute atomic E-state index is 0.0878. The van der Waals surface area contributed by atoms with Crippen molar-refractivity contribution in [1.29, 1.82) is 0 Å². The van der Waals surface area contributed by atoms with Crippen LogP contribution in [-0.2, 0) is 28.6 Å². The second kappa shape index (κ2) is 57.4. The fourth-order valence-electron chi connectivity index (χ4n) is 8.30. The molecule has 0 aromatic rings. The molecule has 1 atom stereocenters. The van der Waals surface area contributed by atoms with Gasteiger partial charge in [-0.2, -0.15) is 0 Å². The lowest BCUT2D eigenvalue weighted by Crippen LogP contribution is -2.30. The van der Waals surface area contributed by atoms with Gasteiger partial charge in [0.2, 0.25) is 0 Å². The molecular formula is C63H110O6. The monoisotopic (exact) mass is 963 g/mol. The summed E-state index contributed by atoms with van der Waals surface area (Å²) >= 11 is 0. The Morgan fingerprint density at radius 3 is 0.942 bits per heavy atom. The largest absolute Gasteiger partial charge is 0.462 e. The van der Waals surface area contributed by atoms with E-state index in [2.05, 4.69) is 93.7 Å². The summed E-state index contributed by atoms with van der Waals surface area (Å²) in [5.74, 6) is -0.916. The van der Waals surface area contributed by atoms with Crippen LogP contribution in [0.3, 0.4) is 0 Å². The second-order valence-corrected chi connectivity index (χ2v) is 19.5. The van der Waals surface area contributed by atoms with Crippen molar-refractivity contribution >= 4 is 17.9 Å². The molecule has 0 saturated heterocycles. The fraction of sp³-hybridized carbons (Fsp3) is 0.762. The van der Waals surface area contributed by atoms with Crippen LogP contribution in [0.5, 0.6) is 0 Å². The third kappa shape index (κ3) is 55.6. The van der Waals surface area contributed by atoms with Gasteiger partial charge >= 0.3 is 17.9 Å².